The van der Waals surface area contributed by atoms with Crippen LogP contribution >= 0.6 is 0 Å². The monoisotopic (exact) mass is 362 g/mol. The lowest BCUT2D eigenvalue weighted by molar-refractivity contribution is -0.123. The Labute approximate surface area is 158 Å². The number of carbonyl (C=O) groups is 2. The first kappa shape index (κ1) is 18.5. The number of nitrogens with zero attached hydrogens (tertiary/aromatic N) is 1. The summed E-state index contributed by atoms with van der Waals surface area (Å²) in [5, 5.41) is 4.91. The molecule has 0 aliphatic rings. The molecule has 1 atom stereocenters. The highest BCUT2D eigenvalue weighted by molar-refractivity contribution is 5.99. The van der Waals surface area contributed by atoms with E-state index in [0.29, 0.717) is 11.3 Å². The van der Waals surface area contributed by atoms with E-state index < -0.39 is 12.1 Å². The van der Waals surface area contributed by atoms with Crippen molar-refractivity contribution in [2.45, 2.75) is 13.0 Å². The molecule has 1 amide bonds. The Bertz CT molecular complexity index is 965. The van der Waals surface area contributed by atoms with Crippen LogP contribution in [0.5, 0.6) is 0 Å². The van der Waals surface area contributed by atoms with Crippen molar-refractivity contribution in [1.29, 1.82) is 0 Å². The van der Waals surface area contributed by atoms with Crippen LogP contribution in [0.25, 0.3) is 10.8 Å². The topological polar surface area (TPSA) is 58.6 Å². The first-order valence-electron chi connectivity index (χ1n) is 8.72. The van der Waals surface area contributed by atoms with Crippen LogP contribution in [0.3, 0.4) is 0 Å². The summed E-state index contributed by atoms with van der Waals surface area (Å²) in [6.07, 6.45) is -0.905. The summed E-state index contributed by atoms with van der Waals surface area (Å²) in [6.45, 7) is 1.56. The first-order valence-corrected chi connectivity index (χ1v) is 8.72. The highest BCUT2D eigenvalue weighted by Gasteiger charge is 2.19. The van der Waals surface area contributed by atoms with Gasteiger partial charge in [0.05, 0.1) is 5.56 Å². The Morgan fingerprint density at radius 3 is 2.26 bits per heavy atom. The lowest BCUT2D eigenvalue weighted by atomic mass is 10.1. The highest BCUT2D eigenvalue weighted by Crippen LogP contribution is 2.19. The number of ether oxygens (including phenoxy) is 1. The van der Waals surface area contributed by atoms with Gasteiger partial charge < -0.3 is 15.0 Å². The van der Waals surface area contributed by atoms with Crippen molar-refractivity contribution < 1.29 is 14.3 Å². The summed E-state index contributed by atoms with van der Waals surface area (Å²) in [5.41, 5.74) is 2.05. The van der Waals surface area contributed by atoms with Crippen molar-refractivity contribution in [1.82, 2.24) is 0 Å². The second-order valence-corrected chi connectivity index (χ2v) is 6.54. The normalized spacial score (nSPS) is 11.7. The predicted molar refractivity (Wildman–Crippen MR) is 108 cm³/mol. The summed E-state index contributed by atoms with van der Waals surface area (Å²) in [4.78, 5) is 26.6. The quantitative estimate of drug-likeness (QED) is 0.695. The molecule has 3 aromatic carbocycles. The zero-order valence-electron chi connectivity index (χ0n) is 15.6. The standard InChI is InChI=1S/C22H22N2O3/c1-15(27-22(26)17-9-12-20(13-10-17)24(2)3)21(25)23-19-11-8-16-6-4-5-7-18(16)14-19/h4-15H,1-3H3,(H,23,25)/t15-/m1/s1. The van der Waals surface area contributed by atoms with E-state index >= 15 is 0 Å². The van der Waals surface area contributed by atoms with E-state index in [2.05, 4.69) is 5.32 Å². The molecule has 0 spiro atoms. The van der Waals surface area contributed by atoms with E-state index in [4.69, 9.17) is 4.74 Å². The fourth-order valence-electron chi connectivity index (χ4n) is 2.69. The summed E-state index contributed by atoms with van der Waals surface area (Å²) in [7, 11) is 3.85. The first-order chi connectivity index (χ1) is 12.9. The molecular formula is C22H22N2O3. The van der Waals surface area contributed by atoms with Crippen molar-refractivity contribution in [3.63, 3.8) is 0 Å². The van der Waals surface area contributed by atoms with Gasteiger partial charge in [-0.2, -0.15) is 0 Å². The average molecular weight is 362 g/mol. The van der Waals surface area contributed by atoms with Crippen molar-refractivity contribution in [2.24, 2.45) is 0 Å². The van der Waals surface area contributed by atoms with E-state index in [1.807, 2.05) is 73.6 Å². The number of anilines is 2. The molecule has 0 bridgehead atoms. The minimum Gasteiger partial charge on any atom is -0.449 e. The van der Waals surface area contributed by atoms with Crippen molar-refractivity contribution >= 4 is 34.0 Å². The lowest BCUT2D eigenvalue weighted by Crippen LogP contribution is -2.30. The fraction of sp³-hybridized carbons (Fsp3) is 0.182. The molecule has 1 N–H and O–H groups in total. The van der Waals surface area contributed by atoms with Gasteiger partial charge in [-0.25, -0.2) is 4.79 Å². The van der Waals surface area contributed by atoms with Crippen molar-refractivity contribution in [3.8, 4) is 0 Å². The number of carbonyl (C=O) groups excluding carboxylic acids is 2. The summed E-state index contributed by atoms with van der Waals surface area (Å²) >= 11 is 0. The Kier molecular flexibility index (Phi) is 5.41. The number of amides is 1. The molecule has 0 aliphatic heterocycles. The van der Waals surface area contributed by atoms with Crippen LogP contribution in [0.2, 0.25) is 0 Å². The molecular weight excluding hydrogens is 340 g/mol. The molecule has 0 aromatic heterocycles. The van der Waals surface area contributed by atoms with Gasteiger partial charge in [-0.1, -0.05) is 30.3 Å². The Balaban J connectivity index is 1.63. The molecule has 0 aliphatic carbocycles. The molecule has 0 radical (unpaired) electrons. The van der Waals surface area contributed by atoms with Crippen molar-refractivity contribution in [2.75, 3.05) is 24.3 Å². The van der Waals surface area contributed by atoms with Crippen LogP contribution in [0.15, 0.2) is 66.7 Å². The molecule has 0 fully saturated rings. The molecule has 27 heavy (non-hydrogen) atoms. The number of benzene rings is 3. The minimum absolute atomic E-state index is 0.372. The minimum atomic E-state index is -0.905. The number of rotatable bonds is 5. The maximum Gasteiger partial charge on any atom is 0.338 e. The maximum atomic E-state index is 12.4. The molecule has 0 unspecified atom stereocenters. The van der Waals surface area contributed by atoms with E-state index in [1.165, 1.54) is 0 Å². The smallest absolute Gasteiger partial charge is 0.338 e. The Morgan fingerprint density at radius 1 is 0.926 bits per heavy atom. The third-order valence-corrected chi connectivity index (χ3v) is 4.29. The van der Waals surface area contributed by atoms with E-state index in [9.17, 15) is 9.59 Å². The fourth-order valence-corrected chi connectivity index (χ4v) is 2.69. The van der Waals surface area contributed by atoms with Crippen LogP contribution in [-0.2, 0) is 9.53 Å². The summed E-state index contributed by atoms with van der Waals surface area (Å²) in [5.74, 6) is -0.898. The molecule has 3 aromatic rings. The molecule has 5 nitrogen and oxygen atoms in total. The van der Waals surface area contributed by atoms with Gasteiger partial charge in [0.25, 0.3) is 5.91 Å². The number of fused-ring (bicyclic) bond motifs is 1. The van der Waals surface area contributed by atoms with Crippen LogP contribution in [-0.4, -0.2) is 32.1 Å². The number of nitrogens with one attached hydrogen (secondary N) is 1. The average Bonchev–Trinajstić information content (AvgIpc) is 2.67. The Hall–Kier alpha value is -3.34. The Morgan fingerprint density at radius 2 is 1.59 bits per heavy atom. The maximum absolute atomic E-state index is 12.4. The molecule has 0 saturated carbocycles. The van der Waals surface area contributed by atoms with Gasteiger partial charge in [0, 0.05) is 25.5 Å². The van der Waals surface area contributed by atoms with Gasteiger partial charge in [-0.05, 0) is 54.1 Å². The zero-order valence-corrected chi connectivity index (χ0v) is 15.6. The number of hydrogen-bond acceptors (Lipinski definition) is 4. The van der Waals surface area contributed by atoms with E-state index in [0.717, 1.165) is 16.5 Å². The van der Waals surface area contributed by atoms with Crippen LogP contribution in [0, 0.1) is 0 Å². The van der Waals surface area contributed by atoms with Crippen LogP contribution in [0.4, 0.5) is 11.4 Å². The van der Waals surface area contributed by atoms with Crippen molar-refractivity contribution in [3.05, 3.63) is 72.3 Å². The van der Waals surface area contributed by atoms with Gasteiger partial charge in [0.2, 0.25) is 0 Å². The third kappa shape index (κ3) is 4.44. The summed E-state index contributed by atoms with van der Waals surface area (Å²) in [6, 6.07) is 20.6. The molecule has 5 heteroatoms. The molecule has 138 valence electrons. The molecule has 0 saturated heterocycles. The van der Waals surface area contributed by atoms with Gasteiger partial charge in [-0.3, -0.25) is 4.79 Å². The number of esters is 1. The van der Waals surface area contributed by atoms with E-state index in [-0.39, 0.29) is 5.91 Å². The predicted octanol–water partition coefficient (Wildman–Crippen LogP) is 4.09. The van der Waals surface area contributed by atoms with E-state index in [1.54, 1.807) is 19.1 Å². The largest absolute Gasteiger partial charge is 0.449 e. The second kappa shape index (κ2) is 7.91. The van der Waals surface area contributed by atoms with Gasteiger partial charge in [0.15, 0.2) is 6.10 Å². The highest BCUT2D eigenvalue weighted by atomic mass is 16.5. The number of hydrogen-bond donors (Lipinski definition) is 1. The van der Waals surface area contributed by atoms with Gasteiger partial charge in [0.1, 0.15) is 0 Å². The molecule has 3 rings (SSSR count). The van der Waals surface area contributed by atoms with Gasteiger partial charge >= 0.3 is 5.97 Å². The van der Waals surface area contributed by atoms with Crippen LogP contribution in [0.1, 0.15) is 17.3 Å². The van der Waals surface area contributed by atoms with Crippen LogP contribution < -0.4 is 10.2 Å². The third-order valence-electron chi connectivity index (χ3n) is 4.29. The SMILES string of the molecule is C[C@@H](OC(=O)c1ccc(N(C)C)cc1)C(=O)Nc1ccc2ccccc2c1. The zero-order chi connectivity index (χ0) is 19.4. The molecule has 0 heterocycles. The summed E-state index contributed by atoms with van der Waals surface area (Å²) < 4.78 is 5.29. The lowest BCUT2D eigenvalue weighted by Gasteiger charge is -2.15. The second-order valence-electron chi connectivity index (χ2n) is 6.54. The van der Waals surface area contributed by atoms with Gasteiger partial charge in [-0.15, -0.1) is 0 Å².